The first-order valence-electron chi connectivity index (χ1n) is 5.76. The third kappa shape index (κ3) is 3.66. The van der Waals surface area contributed by atoms with E-state index in [0.717, 1.165) is 0 Å². The van der Waals surface area contributed by atoms with Crippen LogP contribution in [0.5, 0.6) is 0 Å². The van der Waals surface area contributed by atoms with Crippen molar-refractivity contribution in [2.75, 3.05) is 12.3 Å². The third-order valence-corrected chi connectivity index (χ3v) is 3.38. The maximum Gasteiger partial charge on any atom is 0.470 e. The Bertz CT molecular complexity index is 615. The topological polar surface area (TPSA) is 188 Å². The molecule has 0 bridgehead atoms. The zero-order chi connectivity index (χ0) is 15.8. The SMILES string of the molecule is Nc1cc([C@@H]2O[C@H](CO)[C@@H](OP(=O)(O)O)[C@H]2O)[nH]c(=O)n1. The van der Waals surface area contributed by atoms with E-state index in [1.165, 1.54) is 6.07 Å². The van der Waals surface area contributed by atoms with Crippen molar-refractivity contribution < 1.29 is 33.8 Å². The highest BCUT2D eigenvalue weighted by Gasteiger charge is 2.48. The minimum atomic E-state index is -4.90. The zero-order valence-corrected chi connectivity index (χ0v) is 11.4. The molecule has 4 atom stereocenters. The van der Waals surface area contributed by atoms with Crippen LogP contribution in [0.25, 0.3) is 0 Å². The standard InChI is InChI=1S/C9H14N3O8P/c10-5-1-3(11-9(15)12-5)7-6(14)8(4(2-13)19-7)20-21(16,17)18/h1,4,6-8,13-14H,2H2,(H2,16,17,18)(H3,10,11,12,15)/t4-,6+,7+,8-/m1/s1. The number of phosphoric acid groups is 1. The van der Waals surface area contributed by atoms with Gasteiger partial charge in [-0.05, 0) is 0 Å². The number of aromatic nitrogens is 2. The summed E-state index contributed by atoms with van der Waals surface area (Å²) in [6.07, 6.45) is -5.38. The van der Waals surface area contributed by atoms with Crippen molar-refractivity contribution in [3.63, 3.8) is 0 Å². The van der Waals surface area contributed by atoms with Crippen molar-refractivity contribution in [1.29, 1.82) is 0 Å². The smallest absolute Gasteiger partial charge is 0.394 e. The van der Waals surface area contributed by atoms with Gasteiger partial charge in [0.25, 0.3) is 0 Å². The number of aliphatic hydroxyl groups is 2. The van der Waals surface area contributed by atoms with Gasteiger partial charge in [0.05, 0.1) is 12.3 Å². The van der Waals surface area contributed by atoms with Crippen molar-refractivity contribution in [1.82, 2.24) is 9.97 Å². The molecule has 12 heteroatoms. The molecule has 1 fully saturated rings. The van der Waals surface area contributed by atoms with Crippen LogP contribution < -0.4 is 11.4 Å². The minimum Gasteiger partial charge on any atom is -0.394 e. The second-order valence-electron chi connectivity index (χ2n) is 4.40. The molecule has 1 saturated heterocycles. The number of hydrogen-bond acceptors (Lipinski definition) is 8. The number of phosphoric ester groups is 1. The summed E-state index contributed by atoms with van der Waals surface area (Å²) >= 11 is 0. The van der Waals surface area contributed by atoms with Crippen LogP contribution in [0.3, 0.4) is 0 Å². The lowest BCUT2D eigenvalue weighted by Crippen LogP contribution is -2.35. The zero-order valence-electron chi connectivity index (χ0n) is 10.5. The monoisotopic (exact) mass is 323 g/mol. The van der Waals surface area contributed by atoms with Gasteiger partial charge in [-0.25, -0.2) is 9.36 Å². The molecule has 1 aromatic rings. The molecule has 1 aliphatic heterocycles. The fourth-order valence-electron chi connectivity index (χ4n) is 2.08. The highest BCUT2D eigenvalue weighted by Crippen LogP contribution is 2.44. The molecule has 0 radical (unpaired) electrons. The van der Waals surface area contributed by atoms with Gasteiger partial charge in [0.2, 0.25) is 0 Å². The molecule has 2 rings (SSSR count). The Morgan fingerprint density at radius 3 is 2.71 bits per heavy atom. The Labute approximate surface area is 117 Å². The Hall–Kier alpha value is -1.33. The van der Waals surface area contributed by atoms with Gasteiger partial charge in [0.15, 0.2) is 0 Å². The molecule has 0 unspecified atom stereocenters. The Morgan fingerprint density at radius 2 is 2.19 bits per heavy atom. The van der Waals surface area contributed by atoms with Crippen molar-refractivity contribution in [3.8, 4) is 0 Å². The van der Waals surface area contributed by atoms with E-state index in [-0.39, 0.29) is 11.5 Å². The van der Waals surface area contributed by atoms with E-state index in [1.807, 2.05) is 0 Å². The largest absolute Gasteiger partial charge is 0.470 e. The number of hydrogen-bond donors (Lipinski definition) is 6. The van der Waals surface area contributed by atoms with Gasteiger partial charge in [-0.2, -0.15) is 4.98 Å². The molecule has 21 heavy (non-hydrogen) atoms. The molecule has 0 aromatic carbocycles. The second-order valence-corrected chi connectivity index (χ2v) is 5.59. The van der Waals surface area contributed by atoms with Gasteiger partial charge < -0.3 is 35.5 Å². The van der Waals surface area contributed by atoms with Crippen LogP contribution in [0.2, 0.25) is 0 Å². The van der Waals surface area contributed by atoms with E-state index in [1.54, 1.807) is 0 Å². The Balaban J connectivity index is 2.30. The lowest BCUT2D eigenvalue weighted by molar-refractivity contribution is -0.0236. The molecule has 1 aliphatic rings. The molecule has 0 spiro atoms. The highest BCUT2D eigenvalue weighted by atomic mass is 31.2. The lowest BCUT2D eigenvalue weighted by atomic mass is 10.1. The number of aliphatic hydroxyl groups excluding tert-OH is 2. The van der Waals surface area contributed by atoms with Crippen LogP contribution in [-0.2, 0) is 13.8 Å². The molecule has 1 aromatic heterocycles. The van der Waals surface area contributed by atoms with Gasteiger partial charge in [-0.15, -0.1) is 0 Å². The average molecular weight is 323 g/mol. The normalized spacial score (nSPS) is 29.7. The molecule has 2 heterocycles. The number of H-pyrrole nitrogens is 1. The van der Waals surface area contributed by atoms with Gasteiger partial charge in [-0.1, -0.05) is 0 Å². The highest BCUT2D eigenvalue weighted by molar-refractivity contribution is 7.46. The number of anilines is 1. The first-order valence-corrected chi connectivity index (χ1v) is 7.29. The fourth-order valence-corrected chi connectivity index (χ4v) is 2.66. The molecule has 0 saturated carbocycles. The average Bonchev–Trinajstić information content (AvgIpc) is 2.63. The summed E-state index contributed by atoms with van der Waals surface area (Å²) in [6, 6.07) is 1.23. The predicted octanol–water partition coefficient (Wildman–Crippen LogP) is -2.38. The van der Waals surface area contributed by atoms with E-state index in [2.05, 4.69) is 14.5 Å². The first-order chi connectivity index (χ1) is 9.71. The van der Waals surface area contributed by atoms with E-state index >= 15 is 0 Å². The number of aromatic amines is 1. The molecule has 0 amide bonds. The number of nitrogens with one attached hydrogen (secondary N) is 1. The van der Waals surface area contributed by atoms with Gasteiger partial charge in [-0.3, -0.25) is 4.52 Å². The predicted molar refractivity (Wildman–Crippen MR) is 66.9 cm³/mol. The van der Waals surface area contributed by atoms with Gasteiger partial charge in [0, 0.05) is 6.07 Å². The number of ether oxygens (including phenoxy) is 1. The summed E-state index contributed by atoms with van der Waals surface area (Å²) < 4.78 is 20.6. The number of nitrogen functional groups attached to an aromatic ring is 1. The van der Waals surface area contributed by atoms with Crippen LogP contribution in [-0.4, -0.2) is 54.9 Å². The van der Waals surface area contributed by atoms with E-state index in [4.69, 9.17) is 25.4 Å². The summed E-state index contributed by atoms with van der Waals surface area (Å²) in [4.78, 5) is 34.5. The molecule has 0 aliphatic carbocycles. The fraction of sp³-hybridized carbons (Fsp3) is 0.556. The van der Waals surface area contributed by atoms with Crippen LogP contribution >= 0.6 is 7.82 Å². The van der Waals surface area contributed by atoms with Crippen molar-refractivity contribution in [2.24, 2.45) is 0 Å². The van der Waals surface area contributed by atoms with Gasteiger partial charge in [0.1, 0.15) is 30.2 Å². The Kier molecular flexibility index (Phi) is 4.44. The summed E-state index contributed by atoms with van der Waals surface area (Å²) in [6.45, 7) is -0.650. The van der Waals surface area contributed by atoms with Crippen molar-refractivity contribution in [3.05, 3.63) is 22.2 Å². The van der Waals surface area contributed by atoms with E-state index < -0.39 is 44.5 Å². The number of rotatable bonds is 4. The molecular weight excluding hydrogens is 309 g/mol. The molecule has 7 N–H and O–H groups in total. The van der Waals surface area contributed by atoms with Crippen LogP contribution in [0.1, 0.15) is 11.8 Å². The third-order valence-electron chi connectivity index (χ3n) is 2.87. The van der Waals surface area contributed by atoms with E-state index in [0.29, 0.717) is 0 Å². The van der Waals surface area contributed by atoms with Crippen molar-refractivity contribution >= 4 is 13.6 Å². The summed E-state index contributed by atoms with van der Waals surface area (Å²) in [5, 5.41) is 19.2. The van der Waals surface area contributed by atoms with Crippen LogP contribution in [0.4, 0.5) is 5.82 Å². The van der Waals surface area contributed by atoms with Crippen LogP contribution in [0.15, 0.2) is 10.9 Å². The molecule has 118 valence electrons. The second kappa shape index (κ2) is 5.81. The molecule has 11 nitrogen and oxygen atoms in total. The first kappa shape index (κ1) is 16.0. The maximum absolute atomic E-state index is 11.2. The quantitative estimate of drug-likeness (QED) is 0.326. The minimum absolute atomic E-state index is 0.0512. The summed E-state index contributed by atoms with van der Waals surface area (Å²) in [5.74, 6) is -0.121. The number of nitrogens with zero attached hydrogens (tertiary/aromatic N) is 1. The van der Waals surface area contributed by atoms with Crippen LogP contribution in [0, 0.1) is 0 Å². The molecular formula is C9H14N3O8P. The van der Waals surface area contributed by atoms with Crippen molar-refractivity contribution in [2.45, 2.75) is 24.4 Å². The van der Waals surface area contributed by atoms with Gasteiger partial charge >= 0.3 is 13.5 Å². The van der Waals surface area contributed by atoms with E-state index in [9.17, 15) is 14.5 Å². The summed E-state index contributed by atoms with van der Waals surface area (Å²) in [7, 11) is -4.90. The lowest BCUT2D eigenvalue weighted by Gasteiger charge is -2.19. The summed E-state index contributed by atoms with van der Waals surface area (Å²) in [5.41, 5.74) is 4.68. The number of nitrogens with two attached hydrogens (primary N) is 1. The maximum atomic E-state index is 11.2. The Morgan fingerprint density at radius 1 is 1.52 bits per heavy atom.